The number of aliphatic carboxylic acids is 2. The Bertz CT molecular complexity index is 726. The molecule has 2 aliphatic carbocycles. The molecule has 1 amide bonds. The molecule has 1 aromatic carbocycles. The van der Waals surface area contributed by atoms with Crippen molar-refractivity contribution in [2.75, 3.05) is 5.32 Å². The number of carboxylic acid groups (broad SMARTS) is 2. The van der Waals surface area contributed by atoms with Gasteiger partial charge >= 0.3 is 18.0 Å². The highest BCUT2D eigenvalue weighted by Gasteiger charge is 2.75. The van der Waals surface area contributed by atoms with Gasteiger partial charge in [-0.2, -0.15) is 0 Å². The van der Waals surface area contributed by atoms with Crippen molar-refractivity contribution >= 4 is 23.7 Å². The first-order valence-electron chi connectivity index (χ1n) is 7.23. The number of fused-ring (bicyclic) bond motifs is 1. The first-order chi connectivity index (χ1) is 11.3. The number of hydrogen-bond donors (Lipinski definition) is 4. The summed E-state index contributed by atoms with van der Waals surface area (Å²) < 4.78 is 18.6. The predicted molar refractivity (Wildman–Crippen MR) is 77.6 cm³/mol. The molecule has 0 spiro atoms. The topological polar surface area (TPSA) is 139 Å². The van der Waals surface area contributed by atoms with Crippen LogP contribution in [0.15, 0.2) is 24.3 Å². The smallest absolute Gasteiger partial charge is 0.411 e. The standard InChI is InChI=1S/C15H15FN2O6/c16-6-3-1-2-4-7(6)18-14(23)24-8-5-15(17,13(21)22)11-9(8)10(11)12(19)20/h1-4,8-11H,5,17H2,(H,18,23)(H,19,20)(H,21,22). The fourth-order valence-electron chi connectivity index (χ4n) is 3.57. The van der Waals surface area contributed by atoms with E-state index in [1.54, 1.807) is 0 Å². The van der Waals surface area contributed by atoms with E-state index in [4.69, 9.17) is 15.6 Å². The summed E-state index contributed by atoms with van der Waals surface area (Å²) in [5.74, 6) is -5.59. The number of anilines is 1. The minimum Gasteiger partial charge on any atom is -0.481 e. The van der Waals surface area contributed by atoms with E-state index in [1.807, 2.05) is 0 Å². The second kappa shape index (κ2) is 5.45. The van der Waals surface area contributed by atoms with Gasteiger partial charge in [0.25, 0.3) is 0 Å². The molecule has 128 valence electrons. The molecule has 2 aliphatic rings. The monoisotopic (exact) mass is 338 g/mol. The molecule has 0 aliphatic heterocycles. The zero-order chi connectivity index (χ0) is 17.6. The van der Waals surface area contributed by atoms with E-state index in [0.29, 0.717) is 0 Å². The van der Waals surface area contributed by atoms with Crippen LogP contribution < -0.4 is 11.1 Å². The molecule has 5 N–H and O–H groups in total. The van der Waals surface area contributed by atoms with Crippen molar-refractivity contribution in [2.24, 2.45) is 23.5 Å². The highest BCUT2D eigenvalue weighted by Crippen LogP contribution is 2.62. The normalized spacial score (nSPS) is 33.4. The molecule has 3 rings (SSSR count). The Kier molecular flexibility index (Phi) is 3.67. The molecule has 0 bridgehead atoms. The summed E-state index contributed by atoms with van der Waals surface area (Å²) >= 11 is 0. The van der Waals surface area contributed by atoms with Crippen LogP contribution in [0.1, 0.15) is 6.42 Å². The number of halogens is 1. The van der Waals surface area contributed by atoms with Crippen molar-refractivity contribution in [3.8, 4) is 0 Å². The highest BCUT2D eigenvalue weighted by atomic mass is 19.1. The van der Waals surface area contributed by atoms with Gasteiger partial charge in [-0.1, -0.05) is 12.1 Å². The first kappa shape index (κ1) is 16.2. The molecular formula is C15H15FN2O6. The van der Waals surface area contributed by atoms with E-state index < -0.39 is 53.2 Å². The van der Waals surface area contributed by atoms with Gasteiger partial charge in [0.05, 0.1) is 11.6 Å². The fraction of sp³-hybridized carbons (Fsp3) is 0.400. The van der Waals surface area contributed by atoms with E-state index in [0.717, 1.165) is 6.07 Å². The van der Waals surface area contributed by atoms with Gasteiger partial charge in [0.2, 0.25) is 0 Å². The van der Waals surface area contributed by atoms with E-state index in [2.05, 4.69) is 5.32 Å². The number of carboxylic acids is 2. The molecule has 0 heterocycles. The van der Waals surface area contributed by atoms with Crippen molar-refractivity contribution in [1.82, 2.24) is 0 Å². The number of nitrogens with two attached hydrogens (primary N) is 1. The summed E-state index contributed by atoms with van der Waals surface area (Å²) in [6.07, 6.45) is -2.13. The van der Waals surface area contributed by atoms with Crippen LogP contribution in [0.4, 0.5) is 14.9 Å². The lowest BCUT2D eigenvalue weighted by molar-refractivity contribution is -0.146. The fourth-order valence-corrected chi connectivity index (χ4v) is 3.57. The average Bonchev–Trinajstić information content (AvgIpc) is 3.18. The number of hydrogen-bond acceptors (Lipinski definition) is 5. The number of benzene rings is 1. The SMILES string of the molecule is NC1(C(=O)O)CC(OC(=O)Nc2ccccc2F)C2C(C(=O)O)C21. The van der Waals surface area contributed by atoms with Crippen LogP contribution in [0.2, 0.25) is 0 Å². The Labute approximate surface area is 135 Å². The van der Waals surface area contributed by atoms with Gasteiger partial charge in [0.15, 0.2) is 0 Å². The summed E-state index contributed by atoms with van der Waals surface area (Å²) in [5.41, 5.74) is 3.97. The molecule has 5 atom stereocenters. The molecule has 0 aromatic heterocycles. The molecule has 9 heteroatoms. The molecule has 24 heavy (non-hydrogen) atoms. The second-order valence-electron chi connectivity index (χ2n) is 6.07. The maximum atomic E-state index is 13.5. The van der Waals surface area contributed by atoms with Gasteiger partial charge in [-0.05, 0) is 12.1 Å². The van der Waals surface area contributed by atoms with Crippen LogP contribution in [-0.4, -0.2) is 39.9 Å². The molecule has 1 aromatic rings. The Balaban J connectivity index is 1.71. The lowest BCUT2D eigenvalue weighted by atomic mass is 9.91. The predicted octanol–water partition coefficient (Wildman–Crippen LogP) is 0.875. The van der Waals surface area contributed by atoms with Gasteiger partial charge in [-0.3, -0.25) is 14.9 Å². The Morgan fingerprint density at radius 2 is 1.96 bits per heavy atom. The van der Waals surface area contributed by atoms with Crippen LogP contribution in [0, 0.1) is 23.6 Å². The average molecular weight is 338 g/mol. The number of amides is 1. The summed E-state index contributed by atoms with van der Waals surface area (Å²) in [6, 6.07) is 5.44. The molecule has 0 saturated heterocycles. The van der Waals surface area contributed by atoms with Crippen molar-refractivity contribution in [2.45, 2.75) is 18.1 Å². The number of carbonyl (C=O) groups is 3. The van der Waals surface area contributed by atoms with Crippen molar-refractivity contribution in [1.29, 1.82) is 0 Å². The van der Waals surface area contributed by atoms with E-state index in [9.17, 15) is 23.9 Å². The van der Waals surface area contributed by atoms with Gasteiger partial charge in [-0.15, -0.1) is 0 Å². The van der Waals surface area contributed by atoms with Crippen molar-refractivity contribution < 1.29 is 33.7 Å². The van der Waals surface area contributed by atoms with Crippen LogP contribution in [-0.2, 0) is 14.3 Å². The third-order valence-corrected chi connectivity index (χ3v) is 4.69. The largest absolute Gasteiger partial charge is 0.481 e. The Morgan fingerprint density at radius 3 is 2.54 bits per heavy atom. The van der Waals surface area contributed by atoms with E-state index in [1.165, 1.54) is 18.2 Å². The van der Waals surface area contributed by atoms with E-state index in [-0.39, 0.29) is 12.1 Å². The summed E-state index contributed by atoms with van der Waals surface area (Å²) in [5, 5.41) is 20.6. The summed E-state index contributed by atoms with van der Waals surface area (Å²) in [7, 11) is 0. The Morgan fingerprint density at radius 1 is 1.29 bits per heavy atom. The number of carbonyl (C=O) groups excluding carboxylic acids is 1. The third-order valence-electron chi connectivity index (χ3n) is 4.69. The Hall–Kier alpha value is -2.68. The first-order valence-corrected chi connectivity index (χ1v) is 7.23. The van der Waals surface area contributed by atoms with Crippen LogP contribution in [0.5, 0.6) is 0 Å². The maximum absolute atomic E-state index is 13.5. The van der Waals surface area contributed by atoms with Gasteiger partial charge in [0, 0.05) is 18.3 Å². The lowest BCUT2D eigenvalue weighted by Gasteiger charge is -2.24. The van der Waals surface area contributed by atoms with Crippen molar-refractivity contribution in [3.63, 3.8) is 0 Å². The number of nitrogens with one attached hydrogen (secondary N) is 1. The quantitative estimate of drug-likeness (QED) is 0.639. The van der Waals surface area contributed by atoms with E-state index >= 15 is 0 Å². The van der Waals surface area contributed by atoms with Crippen LogP contribution >= 0.6 is 0 Å². The summed E-state index contributed by atoms with van der Waals surface area (Å²) in [4.78, 5) is 34.5. The minimum atomic E-state index is -1.75. The molecular weight excluding hydrogens is 323 g/mol. The highest BCUT2D eigenvalue weighted by molar-refractivity contribution is 5.87. The zero-order valence-electron chi connectivity index (χ0n) is 12.3. The molecule has 2 saturated carbocycles. The molecule has 0 radical (unpaired) electrons. The molecule has 2 fully saturated rings. The summed E-state index contributed by atoms with van der Waals surface area (Å²) in [6.45, 7) is 0. The van der Waals surface area contributed by atoms with Gasteiger partial charge in [-0.25, -0.2) is 9.18 Å². The second-order valence-corrected chi connectivity index (χ2v) is 6.07. The number of para-hydroxylation sites is 1. The van der Waals surface area contributed by atoms with Crippen LogP contribution in [0.3, 0.4) is 0 Å². The third kappa shape index (κ3) is 2.46. The van der Waals surface area contributed by atoms with Crippen LogP contribution in [0.25, 0.3) is 0 Å². The number of rotatable bonds is 4. The molecule has 8 nitrogen and oxygen atoms in total. The number of ether oxygens (including phenoxy) is 1. The van der Waals surface area contributed by atoms with Gasteiger partial charge in [0.1, 0.15) is 17.5 Å². The van der Waals surface area contributed by atoms with Crippen molar-refractivity contribution in [3.05, 3.63) is 30.1 Å². The van der Waals surface area contributed by atoms with Gasteiger partial charge < -0.3 is 20.7 Å². The zero-order valence-corrected chi connectivity index (χ0v) is 12.3. The lowest BCUT2D eigenvalue weighted by Crippen LogP contribution is -2.51. The minimum absolute atomic E-state index is 0.0973. The maximum Gasteiger partial charge on any atom is 0.411 e. The molecule has 5 unspecified atom stereocenters.